The molecule has 3 heteroatoms. The van der Waals surface area contributed by atoms with Crippen molar-refractivity contribution in [2.75, 3.05) is 6.61 Å². The van der Waals surface area contributed by atoms with Crippen molar-refractivity contribution >= 4 is 0 Å². The number of aliphatic hydroxyl groups excluding tert-OH is 2. The van der Waals surface area contributed by atoms with Crippen molar-refractivity contribution in [2.45, 2.75) is 135 Å². The molecule has 186 valence electrons. The van der Waals surface area contributed by atoms with Crippen LogP contribution < -0.4 is 0 Å². The Labute approximate surface area is 199 Å². The molecule has 0 aliphatic carbocycles. The standard InChI is InChI=1S/C29H52O3/c1-3-5-7-9-10-11-12-13-18-22-28(32-25-26-19-15-14-16-20-26)23-29(31)27(24-30)21-17-8-6-4-2/h14-16,19-20,27-31H,3-13,17-18,21-25H2,1-2H3/t27-,28+,29+/m1/s1. The second kappa shape index (κ2) is 20.7. The first-order valence-electron chi connectivity index (χ1n) is 13.7. The van der Waals surface area contributed by atoms with Crippen LogP contribution in [0.15, 0.2) is 30.3 Å². The highest BCUT2D eigenvalue weighted by Gasteiger charge is 2.23. The number of hydrogen-bond donors (Lipinski definition) is 2. The van der Waals surface area contributed by atoms with Gasteiger partial charge >= 0.3 is 0 Å². The van der Waals surface area contributed by atoms with Crippen molar-refractivity contribution in [3.63, 3.8) is 0 Å². The third kappa shape index (κ3) is 15.0. The fourth-order valence-electron chi connectivity index (χ4n) is 4.44. The fourth-order valence-corrected chi connectivity index (χ4v) is 4.44. The lowest BCUT2D eigenvalue weighted by molar-refractivity contribution is -0.0261. The lowest BCUT2D eigenvalue weighted by Gasteiger charge is -2.26. The van der Waals surface area contributed by atoms with Gasteiger partial charge in [0.25, 0.3) is 0 Å². The second-order valence-corrected chi connectivity index (χ2v) is 9.63. The van der Waals surface area contributed by atoms with E-state index in [-0.39, 0.29) is 18.6 Å². The van der Waals surface area contributed by atoms with Gasteiger partial charge in [0.05, 0.1) is 18.8 Å². The van der Waals surface area contributed by atoms with Crippen molar-refractivity contribution in [1.29, 1.82) is 0 Å². The third-order valence-corrected chi connectivity index (χ3v) is 6.67. The zero-order valence-corrected chi connectivity index (χ0v) is 21.1. The first-order valence-corrected chi connectivity index (χ1v) is 13.7. The van der Waals surface area contributed by atoms with Crippen LogP contribution in [0.4, 0.5) is 0 Å². The smallest absolute Gasteiger partial charge is 0.0720 e. The number of rotatable bonds is 22. The number of benzene rings is 1. The summed E-state index contributed by atoms with van der Waals surface area (Å²) in [6.07, 6.45) is 18.7. The monoisotopic (exact) mass is 448 g/mol. The molecule has 0 amide bonds. The SMILES string of the molecule is CCCCCCCCCCC[C@@H](C[C@H](O)[C@@H](CO)CCCCCC)OCc1ccccc1. The van der Waals surface area contributed by atoms with Crippen LogP contribution in [-0.2, 0) is 11.3 Å². The molecule has 0 bridgehead atoms. The van der Waals surface area contributed by atoms with Crippen molar-refractivity contribution < 1.29 is 14.9 Å². The van der Waals surface area contributed by atoms with E-state index in [1.165, 1.54) is 76.2 Å². The summed E-state index contributed by atoms with van der Waals surface area (Å²) in [5, 5.41) is 20.7. The van der Waals surface area contributed by atoms with Crippen LogP contribution in [0.25, 0.3) is 0 Å². The maximum Gasteiger partial charge on any atom is 0.0720 e. The maximum atomic E-state index is 10.8. The van der Waals surface area contributed by atoms with Gasteiger partial charge in [-0.25, -0.2) is 0 Å². The van der Waals surface area contributed by atoms with Crippen LogP contribution in [0.2, 0.25) is 0 Å². The molecule has 2 N–H and O–H groups in total. The Hall–Kier alpha value is -0.900. The van der Waals surface area contributed by atoms with E-state index in [1.807, 2.05) is 18.2 Å². The third-order valence-electron chi connectivity index (χ3n) is 6.67. The minimum atomic E-state index is -0.485. The Bertz CT molecular complexity index is 504. The zero-order chi connectivity index (χ0) is 23.3. The normalized spacial score (nSPS) is 14.4. The summed E-state index contributed by atoms with van der Waals surface area (Å²) in [5.74, 6) is -0.0298. The van der Waals surface area contributed by atoms with E-state index in [2.05, 4.69) is 26.0 Å². The van der Waals surface area contributed by atoms with E-state index in [0.29, 0.717) is 13.0 Å². The molecular weight excluding hydrogens is 396 g/mol. The first kappa shape index (κ1) is 29.1. The highest BCUT2D eigenvalue weighted by molar-refractivity contribution is 5.13. The summed E-state index contributed by atoms with van der Waals surface area (Å²) in [5.41, 5.74) is 1.18. The lowest BCUT2D eigenvalue weighted by Crippen LogP contribution is -2.29. The van der Waals surface area contributed by atoms with E-state index < -0.39 is 6.10 Å². The average Bonchev–Trinajstić information content (AvgIpc) is 2.82. The molecule has 3 atom stereocenters. The summed E-state index contributed by atoms with van der Waals surface area (Å²) < 4.78 is 6.27. The fraction of sp³-hybridized carbons (Fsp3) is 0.793. The predicted molar refractivity (Wildman–Crippen MR) is 137 cm³/mol. The minimum absolute atomic E-state index is 0.0298. The van der Waals surface area contributed by atoms with Crippen LogP contribution in [0.5, 0.6) is 0 Å². The summed E-state index contributed by atoms with van der Waals surface area (Å²) in [6.45, 7) is 5.13. The van der Waals surface area contributed by atoms with Crippen LogP contribution in [0.3, 0.4) is 0 Å². The van der Waals surface area contributed by atoms with E-state index in [9.17, 15) is 10.2 Å². The molecule has 0 saturated heterocycles. The molecule has 0 saturated carbocycles. The van der Waals surface area contributed by atoms with Crippen molar-refractivity contribution in [1.82, 2.24) is 0 Å². The van der Waals surface area contributed by atoms with Gasteiger partial charge in [-0.3, -0.25) is 0 Å². The molecule has 0 radical (unpaired) electrons. The predicted octanol–water partition coefficient (Wildman–Crippen LogP) is 7.82. The molecular formula is C29H52O3. The van der Waals surface area contributed by atoms with Gasteiger partial charge in [-0.15, -0.1) is 0 Å². The van der Waals surface area contributed by atoms with Gasteiger partial charge in [0.2, 0.25) is 0 Å². The van der Waals surface area contributed by atoms with Crippen LogP contribution in [0.1, 0.15) is 122 Å². The molecule has 1 rings (SSSR count). The Kier molecular flexibility index (Phi) is 18.8. The van der Waals surface area contributed by atoms with E-state index >= 15 is 0 Å². The first-order chi connectivity index (χ1) is 15.7. The van der Waals surface area contributed by atoms with Crippen molar-refractivity contribution in [2.24, 2.45) is 5.92 Å². The van der Waals surface area contributed by atoms with Gasteiger partial charge in [0.15, 0.2) is 0 Å². The number of aliphatic hydroxyl groups is 2. The number of ether oxygens (including phenoxy) is 1. The van der Waals surface area contributed by atoms with E-state index in [1.54, 1.807) is 0 Å². The van der Waals surface area contributed by atoms with Gasteiger partial charge in [0, 0.05) is 12.5 Å². The molecule has 0 aliphatic heterocycles. The van der Waals surface area contributed by atoms with Gasteiger partial charge in [0.1, 0.15) is 0 Å². The van der Waals surface area contributed by atoms with Crippen LogP contribution in [0, 0.1) is 5.92 Å². The number of hydrogen-bond acceptors (Lipinski definition) is 3. The quantitative estimate of drug-likeness (QED) is 0.178. The van der Waals surface area contributed by atoms with Crippen LogP contribution in [-0.4, -0.2) is 29.0 Å². The Balaban J connectivity index is 2.41. The molecule has 0 unspecified atom stereocenters. The Morgan fingerprint density at radius 1 is 0.719 bits per heavy atom. The van der Waals surface area contributed by atoms with Gasteiger partial charge in [-0.2, -0.15) is 0 Å². The van der Waals surface area contributed by atoms with Crippen molar-refractivity contribution in [3.8, 4) is 0 Å². The highest BCUT2D eigenvalue weighted by atomic mass is 16.5. The molecule has 1 aromatic carbocycles. The summed E-state index contributed by atoms with van der Waals surface area (Å²) in [4.78, 5) is 0. The maximum absolute atomic E-state index is 10.8. The summed E-state index contributed by atoms with van der Waals surface area (Å²) >= 11 is 0. The van der Waals surface area contributed by atoms with Gasteiger partial charge in [-0.05, 0) is 24.8 Å². The summed E-state index contributed by atoms with van der Waals surface area (Å²) in [7, 11) is 0. The van der Waals surface area contributed by atoms with Gasteiger partial charge < -0.3 is 14.9 Å². The highest BCUT2D eigenvalue weighted by Crippen LogP contribution is 2.22. The Morgan fingerprint density at radius 3 is 1.84 bits per heavy atom. The van der Waals surface area contributed by atoms with Crippen molar-refractivity contribution in [3.05, 3.63) is 35.9 Å². The summed E-state index contributed by atoms with van der Waals surface area (Å²) in [6, 6.07) is 10.3. The molecule has 0 aliphatic rings. The van der Waals surface area contributed by atoms with E-state index in [4.69, 9.17) is 4.74 Å². The molecule has 0 aromatic heterocycles. The molecule has 3 nitrogen and oxygen atoms in total. The molecule has 0 heterocycles. The average molecular weight is 449 g/mol. The zero-order valence-electron chi connectivity index (χ0n) is 21.1. The molecule has 0 spiro atoms. The topological polar surface area (TPSA) is 49.7 Å². The van der Waals surface area contributed by atoms with Crippen LogP contribution >= 0.6 is 0 Å². The van der Waals surface area contributed by atoms with E-state index in [0.717, 1.165) is 25.7 Å². The van der Waals surface area contributed by atoms with Gasteiger partial charge in [-0.1, -0.05) is 128 Å². The largest absolute Gasteiger partial charge is 0.396 e. The molecule has 32 heavy (non-hydrogen) atoms. The number of unbranched alkanes of at least 4 members (excludes halogenated alkanes) is 11. The minimum Gasteiger partial charge on any atom is -0.396 e. The lowest BCUT2D eigenvalue weighted by atomic mass is 9.91. The molecule has 0 fully saturated rings. The second-order valence-electron chi connectivity index (χ2n) is 9.63. The molecule has 1 aromatic rings. The Morgan fingerprint density at radius 2 is 1.25 bits per heavy atom.